The summed E-state index contributed by atoms with van der Waals surface area (Å²) in [7, 11) is 0. The van der Waals surface area contributed by atoms with E-state index in [2.05, 4.69) is 52.7 Å². The quantitative estimate of drug-likeness (QED) is 0.742. The van der Waals surface area contributed by atoms with Crippen molar-refractivity contribution in [1.82, 2.24) is 4.90 Å². The monoisotopic (exact) mass is 379 g/mol. The number of carbonyl (C=O) groups is 1. The number of hydrogen-bond donors (Lipinski definition) is 2. The number of hydrogen-bond acceptors (Lipinski definition) is 3. The standard InChI is InChI=1S/C24H33N3O/c1-18(2)24(28)26-22-10-6-9-21(17-22)19-11-14-27(15-12-19)16-13-23(25)20-7-4-3-5-8-20/h3-10,17-19,23H,11-16,25H2,1-2H3,(H,26,28). The molecule has 1 aliphatic heterocycles. The fourth-order valence-electron chi connectivity index (χ4n) is 3.84. The van der Waals surface area contributed by atoms with Gasteiger partial charge in [-0.05, 0) is 68.1 Å². The molecule has 1 amide bonds. The van der Waals surface area contributed by atoms with Gasteiger partial charge in [0.2, 0.25) is 5.91 Å². The highest BCUT2D eigenvalue weighted by Gasteiger charge is 2.21. The summed E-state index contributed by atoms with van der Waals surface area (Å²) >= 11 is 0. The zero-order valence-electron chi connectivity index (χ0n) is 17.1. The van der Waals surface area contributed by atoms with Gasteiger partial charge in [-0.3, -0.25) is 4.79 Å². The van der Waals surface area contributed by atoms with Gasteiger partial charge in [-0.25, -0.2) is 0 Å². The van der Waals surface area contributed by atoms with E-state index >= 15 is 0 Å². The number of piperidine rings is 1. The molecule has 0 bridgehead atoms. The number of amides is 1. The van der Waals surface area contributed by atoms with E-state index in [1.54, 1.807) is 0 Å². The van der Waals surface area contributed by atoms with Crippen molar-refractivity contribution >= 4 is 11.6 Å². The van der Waals surface area contributed by atoms with E-state index in [9.17, 15) is 4.79 Å². The van der Waals surface area contributed by atoms with E-state index < -0.39 is 0 Å². The molecule has 3 N–H and O–H groups in total. The Morgan fingerprint density at radius 3 is 2.50 bits per heavy atom. The second-order valence-electron chi connectivity index (χ2n) is 8.19. The van der Waals surface area contributed by atoms with Gasteiger partial charge in [-0.15, -0.1) is 0 Å². The van der Waals surface area contributed by atoms with Gasteiger partial charge >= 0.3 is 0 Å². The third kappa shape index (κ3) is 5.66. The average molecular weight is 380 g/mol. The molecule has 2 aromatic carbocycles. The van der Waals surface area contributed by atoms with Crippen LogP contribution in [0.1, 0.15) is 56.2 Å². The first-order valence-electron chi connectivity index (χ1n) is 10.5. The maximum absolute atomic E-state index is 11.9. The molecule has 1 fully saturated rings. The summed E-state index contributed by atoms with van der Waals surface area (Å²) in [4.78, 5) is 14.5. The Balaban J connectivity index is 1.48. The normalized spacial score (nSPS) is 16.9. The SMILES string of the molecule is CC(C)C(=O)Nc1cccc(C2CCN(CCC(N)c3ccccc3)CC2)c1. The molecule has 1 unspecified atom stereocenters. The van der Waals surface area contributed by atoms with Gasteiger partial charge in [0.05, 0.1) is 0 Å². The molecule has 0 saturated carbocycles. The van der Waals surface area contributed by atoms with Crippen molar-refractivity contribution in [2.45, 2.75) is 45.1 Å². The minimum absolute atomic E-state index is 0.00541. The maximum atomic E-state index is 11.9. The van der Waals surface area contributed by atoms with Gasteiger partial charge < -0.3 is 16.0 Å². The van der Waals surface area contributed by atoms with E-state index in [-0.39, 0.29) is 17.9 Å². The molecule has 4 nitrogen and oxygen atoms in total. The molecule has 3 rings (SSSR count). The first-order valence-corrected chi connectivity index (χ1v) is 10.5. The first kappa shape index (κ1) is 20.6. The molecule has 1 aliphatic rings. The smallest absolute Gasteiger partial charge is 0.226 e. The predicted molar refractivity (Wildman–Crippen MR) is 116 cm³/mol. The predicted octanol–water partition coefficient (Wildman–Crippen LogP) is 4.55. The molecule has 28 heavy (non-hydrogen) atoms. The Kier molecular flexibility index (Phi) is 7.24. The number of rotatable bonds is 7. The largest absolute Gasteiger partial charge is 0.326 e. The fourth-order valence-corrected chi connectivity index (χ4v) is 3.84. The molecule has 0 radical (unpaired) electrons. The third-order valence-corrected chi connectivity index (χ3v) is 5.72. The Morgan fingerprint density at radius 1 is 1.11 bits per heavy atom. The highest BCUT2D eigenvalue weighted by molar-refractivity contribution is 5.92. The summed E-state index contributed by atoms with van der Waals surface area (Å²) in [5.41, 5.74) is 9.81. The van der Waals surface area contributed by atoms with Gasteiger partial charge in [-0.2, -0.15) is 0 Å². The van der Waals surface area contributed by atoms with Crippen molar-refractivity contribution in [3.8, 4) is 0 Å². The molecular formula is C24H33N3O. The zero-order chi connectivity index (χ0) is 19.9. The van der Waals surface area contributed by atoms with Gasteiger partial charge in [-0.1, -0.05) is 56.3 Å². The second kappa shape index (κ2) is 9.85. The Hall–Kier alpha value is -2.17. The number of benzene rings is 2. The van der Waals surface area contributed by atoms with Crippen LogP contribution in [0.15, 0.2) is 54.6 Å². The minimum Gasteiger partial charge on any atom is -0.326 e. The third-order valence-electron chi connectivity index (χ3n) is 5.72. The highest BCUT2D eigenvalue weighted by atomic mass is 16.1. The fraction of sp³-hybridized carbons (Fsp3) is 0.458. The number of carbonyl (C=O) groups excluding carboxylic acids is 1. The molecule has 1 saturated heterocycles. The van der Waals surface area contributed by atoms with Crippen molar-refractivity contribution in [1.29, 1.82) is 0 Å². The summed E-state index contributed by atoms with van der Waals surface area (Å²) in [6, 6.07) is 18.8. The second-order valence-corrected chi connectivity index (χ2v) is 8.19. The van der Waals surface area contributed by atoms with Crippen molar-refractivity contribution in [3.05, 3.63) is 65.7 Å². The maximum Gasteiger partial charge on any atom is 0.226 e. The summed E-state index contributed by atoms with van der Waals surface area (Å²) in [6.45, 7) is 7.09. The first-order chi connectivity index (χ1) is 13.5. The van der Waals surface area contributed by atoms with Crippen molar-refractivity contribution in [2.75, 3.05) is 25.0 Å². The Labute approximate surface area is 169 Å². The van der Waals surface area contributed by atoms with Gasteiger partial charge in [0.1, 0.15) is 0 Å². The average Bonchev–Trinajstić information content (AvgIpc) is 2.73. The van der Waals surface area contributed by atoms with E-state index in [1.807, 2.05) is 26.0 Å². The molecular weight excluding hydrogens is 346 g/mol. The summed E-state index contributed by atoms with van der Waals surface area (Å²) < 4.78 is 0. The van der Waals surface area contributed by atoms with E-state index in [0.29, 0.717) is 5.92 Å². The molecule has 150 valence electrons. The van der Waals surface area contributed by atoms with Gasteiger partial charge in [0.15, 0.2) is 0 Å². The zero-order valence-corrected chi connectivity index (χ0v) is 17.1. The number of nitrogens with zero attached hydrogens (tertiary/aromatic N) is 1. The number of likely N-dealkylation sites (tertiary alicyclic amines) is 1. The van der Waals surface area contributed by atoms with Crippen LogP contribution in [0.3, 0.4) is 0 Å². The number of nitrogens with one attached hydrogen (secondary N) is 1. The van der Waals surface area contributed by atoms with Crippen LogP contribution in [0, 0.1) is 5.92 Å². The molecule has 1 heterocycles. The van der Waals surface area contributed by atoms with Crippen molar-refractivity contribution in [2.24, 2.45) is 11.7 Å². The van der Waals surface area contributed by atoms with Gasteiger partial charge in [0, 0.05) is 17.6 Å². The Morgan fingerprint density at radius 2 is 1.82 bits per heavy atom. The summed E-state index contributed by atoms with van der Waals surface area (Å²) in [5, 5.41) is 3.01. The molecule has 1 atom stereocenters. The molecule has 2 aromatic rings. The highest BCUT2D eigenvalue weighted by Crippen LogP contribution is 2.30. The lowest BCUT2D eigenvalue weighted by Gasteiger charge is -2.33. The van der Waals surface area contributed by atoms with E-state index in [1.165, 1.54) is 11.1 Å². The van der Waals surface area contributed by atoms with Crippen LogP contribution in [-0.4, -0.2) is 30.4 Å². The van der Waals surface area contributed by atoms with E-state index in [0.717, 1.165) is 44.6 Å². The van der Waals surface area contributed by atoms with Crippen LogP contribution in [0.25, 0.3) is 0 Å². The summed E-state index contributed by atoms with van der Waals surface area (Å²) in [6.07, 6.45) is 3.30. The van der Waals surface area contributed by atoms with Crippen molar-refractivity contribution < 1.29 is 4.79 Å². The molecule has 0 aromatic heterocycles. The van der Waals surface area contributed by atoms with Crippen molar-refractivity contribution in [3.63, 3.8) is 0 Å². The number of anilines is 1. The van der Waals surface area contributed by atoms with Gasteiger partial charge in [0.25, 0.3) is 0 Å². The van der Waals surface area contributed by atoms with E-state index in [4.69, 9.17) is 5.73 Å². The molecule has 4 heteroatoms. The van der Waals surface area contributed by atoms with Crippen LogP contribution >= 0.6 is 0 Å². The van der Waals surface area contributed by atoms with Crippen LogP contribution in [0.2, 0.25) is 0 Å². The lowest BCUT2D eigenvalue weighted by Crippen LogP contribution is -2.35. The van der Waals surface area contributed by atoms with Crippen LogP contribution in [0.5, 0.6) is 0 Å². The lowest BCUT2D eigenvalue weighted by atomic mass is 9.89. The summed E-state index contributed by atoms with van der Waals surface area (Å²) in [5.74, 6) is 0.630. The number of nitrogens with two attached hydrogens (primary N) is 1. The lowest BCUT2D eigenvalue weighted by molar-refractivity contribution is -0.118. The Bertz CT molecular complexity index is 751. The molecule has 0 aliphatic carbocycles. The van der Waals surface area contributed by atoms with Crippen LogP contribution in [-0.2, 0) is 4.79 Å². The topological polar surface area (TPSA) is 58.4 Å². The van der Waals surface area contributed by atoms with Crippen LogP contribution in [0.4, 0.5) is 5.69 Å². The molecule has 0 spiro atoms. The van der Waals surface area contributed by atoms with Crippen LogP contribution < -0.4 is 11.1 Å². The minimum atomic E-state index is -0.00541.